The molecule has 1 aromatic rings. The van der Waals surface area contributed by atoms with Gasteiger partial charge in [-0.15, -0.1) is 0 Å². The van der Waals surface area contributed by atoms with Crippen LogP contribution in [-0.4, -0.2) is 43.9 Å². The largest absolute Gasteiger partial charge is 0.433 e. The van der Waals surface area contributed by atoms with E-state index in [1.165, 1.54) is 11.2 Å². The third-order valence-electron chi connectivity index (χ3n) is 5.07. The maximum Gasteiger partial charge on any atom is 0.433 e. The molecule has 2 fully saturated rings. The minimum atomic E-state index is -4.58. The molecule has 2 heterocycles. The molecule has 3 rings (SSSR count). The summed E-state index contributed by atoms with van der Waals surface area (Å²) in [6.07, 6.45) is -2.73. The van der Waals surface area contributed by atoms with Crippen molar-refractivity contribution in [2.45, 2.75) is 36.9 Å². The molecular formula is C15H20F3N3O2S. The molecule has 1 saturated carbocycles. The van der Waals surface area contributed by atoms with E-state index in [1.807, 2.05) is 7.05 Å². The summed E-state index contributed by atoms with van der Waals surface area (Å²) in [6, 6.07) is 2.16. The Morgan fingerprint density at radius 1 is 1.21 bits per heavy atom. The average molecular weight is 363 g/mol. The Morgan fingerprint density at radius 3 is 2.25 bits per heavy atom. The lowest BCUT2D eigenvalue weighted by Gasteiger charge is -2.20. The number of aryl methyl sites for hydroxylation is 1. The van der Waals surface area contributed by atoms with Gasteiger partial charge >= 0.3 is 6.18 Å². The molecule has 2 atom stereocenters. The van der Waals surface area contributed by atoms with Crippen LogP contribution in [0.15, 0.2) is 17.0 Å². The van der Waals surface area contributed by atoms with Crippen molar-refractivity contribution >= 4 is 10.0 Å². The molecule has 1 aliphatic carbocycles. The van der Waals surface area contributed by atoms with Gasteiger partial charge < -0.3 is 5.32 Å². The molecule has 0 spiro atoms. The van der Waals surface area contributed by atoms with Gasteiger partial charge in [-0.25, -0.2) is 13.4 Å². The van der Waals surface area contributed by atoms with Crippen molar-refractivity contribution in [3.63, 3.8) is 0 Å². The summed E-state index contributed by atoms with van der Waals surface area (Å²) < 4.78 is 65.1. The molecule has 134 valence electrons. The first-order valence-electron chi connectivity index (χ1n) is 7.85. The monoisotopic (exact) mass is 363 g/mol. The molecular weight excluding hydrogens is 343 g/mol. The van der Waals surface area contributed by atoms with Gasteiger partial charge in [-0.05, 0) is 50.8 Å². The van der Waals surface area contributed by atoms with Gasteiger partial charge in [-0.1, -0.05) is 0 Å². The summed E-state index contributed by atoms with van der Waals surface area (Å²) >= 11 is 0. The van der Waals surface area contributed by atoms with E-state index in [-0.39, 0.29) is 10.6 Å². The molecule has 1 aromatic heterocycles. The zero-order valence-electron chi connectivity index (χ0n) is 13.5. The number of halogens is 3. The smallest absolute Gasteiger partial charge is 0.317 e. The normalized spacial score (nSPS) is 28.3. The maximum absolute atomic E-state index is 12.8. The van der Waals surface area contributed by atoms with Crippen LogP contribution in [0.1, 0.15) is 24.2 Å². The summed E-state index contributed by atoms with van der Waals surface area (Å²) in [5.41, 5.74) is -1.19. The fraction of sp³-hybridized carbons (Fsp3) is 0.667. The maximum atomic E-state index is 12.8. The predicted molar refractivity (Wildman–Crippen MR) is 81.8 cm³/mol. The molecule has 0 aromatic carbocycles. The third kappa shape index (κ3) is 3.04. The Balaban J connectivity index is 1.83. The van der Waals surface area contributed by atoms with Crippen LogP contribution in [-0.2, 0) is 16.2 Å². The molecule has 1 saturated heterocycles. The van der Waals surface area contributed by atoms with Crippen molar-refractivity contribution < 1.29 is 21.6 Å². The van der Waals surface area contributed by atoms with Gasteiger partial charge in [0.15, 0.2) is 0 Å². The standard InChI is InChI=1S/C15H20F3N3O2S/c1-9-13(3-4-14(20-9)15(16,17)18)24(22,23)21-7-10-5-12(19-2)6-11(10)8-21/h3-4,10-12,19H,5-8H2,1-2H3. The quantitative estimate of drug-likeness (QED) is 0.893. The van der Waals surface area contributed by atoms with Crippen molar-refractivity contribution in [1.29, 1.82) is 0 Å². The van der Waals surface area contributed by atoms with Crippen LogP contribution >= 0.6 is 0 Å². The molecule has 5 nitrogen and oxygen atoms in total. The molecule has 9 heteroatoms. The van der Waals surface area contributed by atoms with Crippen LogP contribution in [0.3, 0.4) is 0 Å². The van der Waals surface area contributed by atoms with Gasteiger partial charge in [0.1, 0.15) is 10.6 Å². The van der Waals surface area contributed by atoms with Gasteiger partial charge in [-0.3, -0.25) is 0 Å². The number of nitrogens with zero attached hydrogens (tertiary/aromatic N) is 2. The number of pyridine rings is 1. The third-order valence-corrected chi connectivity index (χ3v) is 7.04. The van der Waals surface area contributed by atoms with Crippen molar-refractivity contribution in [3.8, 4) is 0 Å². The number of aromatic nitrogens is 1. The zero-order chi connectivity index (χ0) is 17.7. The Morgan fingerprint density at radius 2 is 1.79 bits per heavy atom. The van der Waals surface area contributed by atoms with E-state index >= 15 is 0 Å². The van der Waals surface area contributed by atoms with Crippen molar-refractivity contribution in [1.82, 2.24) is 14.6 Å². The first kappa shape index (κ1) is 17.6. The van der Waals surface area contributed by atoms with Crippen molar-refractivity contribution in [2.75, 3.05) is 20.1 Å². The van der Waals surface area contributed by atoms with E-state index in [0.29, 0.717) is 31.0 Å². The number of sulfonamides is 1. The van der Waals surface area contributed by atoms with Crippen LogP contribution < -0.4 is 5.32 Å². The minimum absolute atomic E-state index is 0.116. The number of hydrogen-bond donors (Lipinski definition) is 1. The summed E-state index contributed by atoms with van der Waals surface area (Å²) in [6.45, 7) is 2.15. The van der Waals surface area contributed by atoms with Gasteiger partial charge in [-0.2, -0.15) is 17.5 Å². The van der Waals surface area contributed by atoms with E-state index in [9.17, 15) is 21.6 Å². The SMILES string of the molecule is CNC1CC2CN(S(=O)(=O)c3ccc(C(F)(F)F)nc3C)CC2C1. The van der Waals surface area contributed by atoms with Gasteiger partial charge in [0.05, 0.1) is 5.69 Å². The average Bonchev–Trinajstić information content (AvgIpc) is 3.04. The Bertz CT molecular complexity index is 722. The second kappa shape index (κ2) is 5.96. The number of rotatable bonds is 3. The fourth-order valence-corrected chi connectivity index (χ4v) is 5.52. The van der Waals surface area contributed by atoms with Crippen LogP contribution in [0.25, 0.3) is 0 Å². The first-order valence-corrected chi connectivity index (χ1v) is 9.29. The molecule has 24 heavy (non-hydrogen) atoms. The van der Waals surface area contributed by atoms with Crippen LogP contribution in [0.4, 0.5) is 13.2 Å². The lowest BCUT2D eigenvalue weighted by Crippen LogP contribution is -2.32. The molecule has 0 radical (unpaired) electrons. The van der Waals surface area contributed by atoms with Crippen LogP contribution in [0, 0.1) is 18.8 Å². The topological polar surface area (TPSA) is 62.3 Å². The highest BCUT2D eigenvalue weighted by Crippen LogP contribution is 2.40. The van der Waals surface area contributed by atoms with E-state index in [1.54, 1.807) is 0 Å². The lowest BCUT2D eigenvalue weighted by atomic mass is 10.0. The fourth-order valence-electron chi connectivity index (χ4n) is 3.81. The molecule has 0 bridgehead atoms. The van der Waals surface area contributed by atoms with Crippen LogP contribution in [0.5, 0.6) is 0 Å². The van der Waals surface area contributed by atoms with E-state index in [0.717, 1.165) is 25.0 Å². The number of alkyl halides is 3. The van der Waals surface area contributed by atoms with E-state index < -0.39 is 21.9 Å². The van der Waals surface area contributed by atoms with Gasteiger partial charge in [0.2, 0.25) is 10.0 Å². The second-order valence-electron chi connectivity index (χ2n) is 6.58. The van der Waals surface area contributed by atoms with Gasteiger partial charge in [0, 0.05) is 19.1 Å². The van der Waals surface area contributed by atoms with Gasteiger partial charge in [0.25, 0.3) is 0 Å². The highest BCUT2D eigenvalue weighted by Gasteiger charge is 2.45. The summed E-state index contributed by atoms with van der Waals surface area (Å²) in [5, 5.41) is 3.22. The predicted octanol–water partition coefficient (Wildman–Crippen LogP) is 2.03. The highest BCUT2D eigenvalue weighted by molar-refractivity contribution is 7.89. The van der Waals surface area contributed by atoms with E-state index in [2.05, 4.69) is 10.3 Å². The van der Waals surface area contributed by atoms with Crippen molar-refractivity contribution in [2.24, 2.45) is 11.8 Å². The Kier molecular flexibility index (Phi) is 4.38. The molecule has 1 aliphatic heterocycles. The first-order chi connectivity index (χ1) is 11.1. The Labute approximate surface area is 139 Å². The summed E-state index contributed by atoms with van der Waals surface area (Å²) in [4.78, 5) is 3.30. The summed E-state index contributed by atoms with van der Waals surface area (Å²) in [7, 11) is -1.91. The highest BCUT2D eigenvalue weighted by atomic mass is 32.2. The molecule has 2 unspecified atom stereocenters. The molecule has 1 N–H and O–H groups in total. The van der Waals surface area contributed by atoms with Crippen LogP contribution in [0.2, 0.25) is 0 Å². The lowest BCUT2D eigenvalue weighted by molar-refractivity contribution is -0.141. The molecule has 2 aliphatic rings. The Hall–Kier alpha value is -1.19. The minimum Gasteiger partial charge on any atom is -0.317 e. The van der Waals surface area contributed by atoms with Crippen molar-refractivity contribution in [3.05, 3.63) is 23.5 Å². The number of nitrogens with one attached hydrogen (secondary N) is 1. The summed E-state index contributed by atoms with van der Waals surface area (Å²) in [5.74, 6) is 0.611. The zero-order valence-corrected chi connectivity index (χ0v) is 14.3. The number of hydrogen-bond acceptors (Lipinski definition) is 4. The number of fused-ring (bicyclic) bond motifs is 1. The molecule has 0 amide bonds. The second-order valence-corrected chi connectivity index (χ2v) is 8.48. The van der Waals surface area contributed by atoms with E-state index in [4.69, 9.17) is 0 Å².